The number of ether oxygens (including phenoxy) is 4. The normalized spacial score (nSPS) is 24.5. The Labute approximate surface area is 363 Å². The minimum atomic E-state index is -1.51. The second kappa shape index (κ2) is 16.5. The predicted molar refractivity (Wildman–Crippen MR) is 234 cm³/mol. The average Bonchev–Trinajstić information content (AvgIpc) is 3.19. The van der Waals surface area contributed by atoms with Gasteiger partial charge in [0.1, 0.15) is 40.1 Å². The van der Waals surface area contributed by atoms with Crippen molar-refractivity contribution in [2.24, 2.45) is 5.92 Å². The standard InChI is InChI=1S/C46H60N8O8/c1-51(2,35-9-17-47-18-10-35)27-39(55)59-43-34-25-44(60-40(56)28-52(3,4)36-11-19-48-20-12-36)31-45(26-34,61-41(57)29-53(5,6)37-13-21-49-22-14-37)33-46(43,32-44)62-42(58)30-54(7,8)38-15-23-50-24-16-38/h9-24,34,43H,25-33H2,1-8H3/q+4/t34?,43?,44-,45+,46?. The number of hydrogen-bond donors (Lipinski definition) is 0. The van der Waals surface area contributed by atoms with E-state index in [4.69, 9.17) is 18.9 Å². The van der Waals surface area contributed by atoms with Crippen LogP contribution in [0.3, 0.4) is 0 Å². The Bertz CT molecular complexity index is 2180. The van der Waals surface area contributed by atoms with Crippen molar-refractivity contribution < 1.29 is 38.1 Å². The summed E-state index contributed by atoms with van der Waals surface area (Å²) < 4.78 is 27.2. The third-order valence-electron chi connectivity index (χ3n) is 12.9. The molecule has 4 aromatic heterocycles. The van der Waals surface area contributed by atoms with E-state index in [1.807, 2.05) is 105 Å². The van der Waals surface area contributed by atoms with Gasteiger partial charge < -0.3 is 18.9 Å². The van der Waals surface area contributed by atoms with E-state index < -0.39 is 52.7 Å². The molecule has 0 spiro atoms. The van der Waals surface area contributed by atoms with Gasteiger partial charge in [0.05, 0.1) is 56.4 Å². The molecule has 0 amide bonds. The number of pyridine rings is 4. The van der Waals surface area contributed by atoms with E-state index in [9.17, 15) is 19.2 Å². The van der Waals surface area contributed by atoms with Crippen molar-refractivity contribution in [3.8, 4) is 0 Å². The monoisotopic (exact) mass is 852 g/mol. The second-order valence-electron chi connectivity index (χ2n) is 19.7. The quantitative estimate of drug-likeness (QED) is 0.0909. The van der Waals surface area contributed by atoms with Crippen LogP contribution in [0.1, 0.15) is 32.1 Å². The van der Waals surface area contributed by atoms with Crippen LogP contribution in [0.15, 0.2) is 98.1 Å². The van der Waals surface area contributed by atoms with Gasteiger partial charge in [0.25, 0.3) is 0 Å². The molecule has 0 aromatic carbocycles. The lowest BCUT2D eigenvalue weighted by Gasteiger charge is -2.65. The summed E-state index contributed by atoms with van der Waals surface area (Å²) in [5.74, 6) is -2.46. The summed E-state index contributed by atoms with van der Waals surface area (Å²) in [6, 6.07) is 14.8. The van der Waals surface area contributed by atoms with Crippen LogP contribution in [-0.4, -0.2) is 149 Å². The van der Waals surface area contributed by atoms with Crippen LogP contribution in [0, 0.1) is 5.92 Å². The first-order valence-electron chi connectivity index (χ1n) is 20.9. The van der Waals surface area contributed by atoms with Crippen LogP contribution in [0.4, 0.5) is 22.7 Å². The van der Waals surface area contributed by atoms with Crippen LogP contribution in [0.25, 0.3) is 0 Å². The Morgan fingerprint density at radius 2 is 0.758 bits per heavy atom. The van der Waals surface area contributed by atoms with Gasteiger partial charge in [0.15, 0.2) is 31.8 Å². The SMILES string of the molecule is C[N+](C)(CC(=O)OC1C2C[C@]3(OC(=O)C[N+](C)(C)c4ccncc4)CC1(OC(=O)C[N+](C)(C)c1ccncc1)C[C@](OC(=O)C[N+](C)(C)c1ccncc1)(C2)C3)c1ccncc1. The summed E-state index contributed by atoms with van der Waals surface area (Å²) in [6.07, 6.45) is 13.4. The molecule has 62 heavy (non-hydrogen) atoms. The zero-order valence-electron chi connectivity index (χ0n) is 37.1. The first-order chi connectivity index (χ1) is 29.1. The molecule has 0 radical (unpaired) electrons. The van der Waals surface area contributed by atoms with Crippen LogP contribution >= 0.6 is 0 Å². The zero-order chi connectivity index (χ0) is 44.6. The molecule has 4 bridgehead atoms. The maximum atomic E-state index is 14.5. The Balaban J connectivity index is 1.24. The fourth-order valence-electron chi connectivity index (χ4n) is 10.2. The molecule has 0 N–H and O–H groups in total. The van der Waals surface area contributed by atoms with E-state index in [1.54, 1.807) is 49.6 Å². The predicted octanol–water partition coefficient (Wildman–Crippen LogP) is 4.00. The van der Waals surface area contributed by atoms with Crippen molar-refractivity contribution in [2.75, 3.05) is 82.6 Å². The molecule has 8 rings (SSSR count). The molecule has 0 aliphatic heterocycles. The minimum Gasteiger partial charge on any atom is -0.455 e. The number of rotatable bonds is 16. The highest BCUT2D eigenvalue weighted by Gasteiger charge is 2.74. The van der Waals surface area contributed by atoms with Gasteiger partial charge in [0, 0.05) is 123 Å². The Hall–Kier alpha value is -5.68. The van der Waals surface area contributed by atoms with E-state index >= 15 is 0 Å². The van der Waals surface area contributed by atoms with Crippen LogP contribution in [0.2, 0.25) is 0 Å². The summed E-state index contributed by atoms with van der Waals surface area (Å²) in [6.45, 7) is -0.109. The van der Waals surface area contributed by atoms with Crippen molar-refractivity contribution >= 4 is 46.6 Å². The zero-order valence-corrected chi connectivity index (χ0v) is 37.1. The molecule has 4 aromatic rings. The van der Waals surface area contributed by atoms with Gasteiger partial charge in [-0.05, 0) is 12.8 Å². The van der Waals surface area contributed by atoms with Crippen molar-refractivity contribution in [1.29, 1.82) is 0 Å². The summed E-state index contributed by atoms with van der Waals surface area (Å²) >= 11 is 0. The fraction of sp³-hybridized carbons (Fsp3) is 0.478. The van der Waals surface area contributed by atoms with Crippen molar-refractivity contribution in [2.45, 2.75) is 55.0 Å². The smallest absolute Gasteiger partial charge is 0.362 e. The molecule has 16 heteroatoms. The molecule has 0 saturated heterocycles. The van der Waals surface area contributed by atoms with E-state index in [-0.39, 0.29) is 63.4 Å². The van der Waals surface area contributed by atoms with E-state index in [1.165, 1.54) is 0 Å². The molecule has 4 heterocycles. The van der Waals surface area contributed by atoms with Crippen LogP contribution in [-0.2, 0) is 38.1 Å². The van der Waals surface area contributed by atoms with Gasteiger partial charge in [-0.15, -0.1) is 0 Å². The molecule has 3 unspecified atom stereocenters. The third kappa shape index (κ3) is 9.53. The number of aromatic nitrogens is 4. The number of nitrogens with zero attached hydrogens (tertiary/aromatic N) is 8. The first kappa shape index (κ1) is 44.4. The highest BCUT2D eigenvalue weighted by Crippen LogP contribution is 2.64. The molecule has 16 nitrogen and oxygen atoms in total. The van der Waals surface area contributed by atoms with Gasteiger partial charge in [-0.3, -0.25) is 37.9 Å². The highest BCUT2D eigenvalue weighted by molar-refractivity contribution is 5.78. The van der Waals surface area contributed by atoms with E-state index in [2.05, 4.69) is 19.9 Å². The van der Waals surface area contributed by atoms with Crippen molar-refractivity contribution in [1.82, 2.24) is 37.9 Å². The van der Waals surface area contributed by atoms with Gasteiger partial charge >= 0.3 is 23.9 Å². The van der Waals surface area contributed by atoms with Gasteiger partial charge in [-0.25, -0.2) is 19.2 Å². The molecular formula is C46H60N8O8+4. The average molecular weight is 853 g/mol. The van der Waals surface area contributed by atoms with Gasteiger partial charge in [0.2, 0.25) is 0 Å². The fourth-order valence-corrected chi connectivity index (χ4v) is 10.2. The molecule has 4 fully saturated rings. The molecule has 4 aliphatic carbocycles. The molecule has 4 saturated carbocycles. The van der Waals surface area contributed by atoms with Gasteiger partial charge in [-0.2, -0.15) is 0 Å². The summed E-state index contributed by atoms with van der Waals surface area (Å²) in [4.78, 5) is 73.6. The molecule has 4 aliphatic rings. The lowest BCUT2D eigenvalue weighted by Crippen LogP contribution is -2.75. The first-order valence-corrected chi connectivity index (χ1v) is 20.9. The number of carbonyl (C=O) groups is 4. The number of likely N-dealkylation sites (N-methyl/N-ethyl adjacent to an activating group) is 4. The maximum Gasteiger partial charge on any atom is 0.362 e. The lowest BCUT2D eigenvalue weighted by molar-refractivity contribution is -0.307. The summed E-state index contributed by atoms with van der Waals surface area (Å²) in [7, 11) is 15.2. The summed E-state index contributed by atoms with van der Waals surface area (Å²) in [5.41, 5.74) is -0.510. The minimum absolute atomic E-state index is 0.00830. The molecular weight excluding hydrogens is 793 g/mol. The number of carbonyl (C=O) groups excluding carboxylic acids is 4. The maximum absolute atomic E-state index is 14.5. The van der Waals surface area contributed by atoms with Crippen molar-refractivity contribution in [3.05, 3.63) is 98.1 Å². The van der Waals surface area contributed by atoms with E-state index in [0.29, 0.717) is 12.8 Å². The second-order valence-corrected chi connectivity index (χ2v) is 19.7. The Morgan fingerprint density at radius 1 is 0.468 bits per heavy atom. The van der Waals surface area contributed by atoms with Crippen molar-refractivity contribution in [3.63, 3.8) is 0 Å². The number of quaternary nitrogens is 4. The van der Waals surface area contributed by atoms with E-state index in [0.717, 1.165) is 22.7 Å². The Morgan fingerprint density at radius 3 is 1.08 bits per heavy atom. The number of hydrogen-bond acceptors (Lipinski definition) is 12. The molecule has 328 valence electrons. The highest BCUT2D eigenvalue weighted by atomic mass is 16.6. The number of esters is 4. The molecule has 5 atom stereocenters. The van der Waals surface area contributed by atoms with Gasteiger partial charge in [-0.1, -0.05) is 0 Å². The Kier molecular flexibility index (Phi) is 11.8. The largest absolute Gasteiger partial charge is 0.455 e. The third-order valence-corrected chi connectivity index (χ3v) is 12.9. The van der Waals surface area contributed by atoms with Crippen LogP contribution < -0.4 is 17.9 Å². The van der Waals surface area contributed by atoms with Crippen LogP contribution in [0.5, 0.6) is 0 Å². The summed E-state index contributed by atoms with van der Waals surface area (Å²) in [5, 5.41) is 0. The lowest BCUT2D eigenvalue weighted by atomic mass is 9.48. The topological polar surface area (TPSA) is 157 Å².